The molecule has 1 N–H and O–H groups in total. The van der Waals surface area contributed by atoms with Gasteiger partial charge in [-0.25, -0.2) is 0 Å². The standard InChI is InChI=1S/C14H13Cl2NO3S/c15-8-1-2-10-11(5-8)21-13(12(10)16)14(19)17-3-4-20-7-9(17)6-18/h1-2,5,9,18H,3-4,6-7H2. The number of hydrogen-bond donors (Lipinski definition) is 1. The molecule has 0 radical (unpaired) electrons. The van der Waals surface area contributed by atoms with E-state index in [0.717, 1.165) is 10.1 Å². The number of rotatable bonds is 2. The van der Waals surface area contributed by atoms with Gasteiger partial charge in [-0.2, -0.15) is 0 Å². The molecule has 1 unspecified atom stereocenters. The largest absolute Gasteiger partial charge is 0.394 e. The van der Waals surface area contributed by atoms with Crippen molar-refractivity contribution in [2.24, 2.45) is 0 Å². The molecule has 2 aromatic rings. The van der Waals surface area contributed by atoms with Crippen LogP contribution in [0.5, 0.6) is 0 Å². The molecule has 2 heterocycles. The molecule has 1 amide bonds. The molecular formula is C14H13Cl2NO3S. The summed E-state index contributed by atoms with van der Waals surface area (Å²) < 4.78 is 6.17. The summed E-state index contributed by atoms with van der Waals surface area (Å²) >= 11 is 13.6. The highest BCUT2D eigenvalue weighted by Gasteiger charge is 2.30. The zero-order valence-electron chi connectivity index (χ0n) is 11.0. The zero-order chi connectivity index (χ0) is 15.0. The molecule has 1 saturated heterocycles. The lowest BCUT2D eigenvalue weighted by atomic mass is 10.2. The fourth-order valence-electron chi connectivity index (χ4n) is 2.38. The van der Waals surface area contributed by atoms with Crippen LogP contribution in [0.1, 0.15) is 9.67 Å². The average molecular weight is 346 g/mol. The van der Waals surface area contributed by atoms with Crippen LogP contribution in [0.4, 0.5) is 0 Å². The second-order valence-corrected chi connectivity index (χ2v) is 6.66. The number of thiophene rings is 1. The minimum absolute atomic E-state index is 0.125. The van der Waals surface area contributed by atoms with Gasteiger partial charge in [0.05, 0.1) is 30.9 Å². The Labute approximate surface area is 135 Å². The number of halogens is 2. The topological polar surface area (TPSA) is 49.8 Å². The maximum Gasteiger partial charge on any atom is 0.265 e. The summed E-state index contributed by atoms with van der Waals surface area (Å²) in [6.45, 7) is 1.14. The molecule has 1 aromatic carbocycles. The van der Waals surface area contributed by atoms with Gasteiger partial charge in [0, 0.05) is 21.7 Å². The van der Waals surface area contributed by atoms with E-state index in [-0.39, 0.29) is 18.6 Å². The number of hydrogen-bond acceptors (Lipinski definition) is 4. The van der Waals surface area contributed by atoms with Gasteiger partial charge >= 0.3 is 0 Å². The molecule has 3 rings (SSSR count). The van der Waals surface area contributed by atoms with Crippen molar-refractivity contribution in [2.75, 3.05) is 26.4 Å². The number of carbonyl (C=O) groups is 1. The molecule has 4 nitrogen and oxygen atoms in total. The van der Waals surface area contributed by atoms with E-state index in [1.807, 2.05) is 6.07 Å². The maximum absolute atomic E-state index is 12.7. The third kappa shape index (κ3) is 2.76. The SMILES string of the molecule is O=C(c1sc2cc(Cl)ccc2c1Cl)N1CCOCC1CO. The lowest BCUT2D eigenvalue weighted by molar-refractivity contribution is -0.0181. The van der Waals surface area contributed by atoms with Gasteiger partial charge in [0.25, 0.3) is 5.91 Å². The molecule has 1 aliphatic heterocycles. The van der Waals surface area contributed by atoms with E-state index in [9.17, 15) is 9.90 Å². The van der Waals surface area contributed by atoms with Crippen molar-refractivity contribution in [2.45, 2.75) is 6.04 Å². The summed E-state index contributed by atoms with van der Waals surface area (Å²) in [5.74, 6) is -0.167. The van der Waals surface area contributed by atoms with E-state index in [1.165, 1.54) is 11.3 Å². The van der Waals surface area contributed by atoms with Crippen molar-refractivity contribution < 1.29 is 14.6 Å². The summed E-state index contributed by atoms with van der Waals surface area (Å²) in [6.07, 6.45) is 0. The van der Waals surface area contributed by atoms with Gasteiger partial charge in [0.2, 0.25) is 0 Å². The number of aliphatic hydroxyl groups excluding tert-OH is 1. The maximum atomic E-state index is 12.7. The first-order chi connectivity index (χ1) is 10.1. The number of fused-ring (bicyclic) bond motifs is 1. The first kappa shape index (κ1) is 15.1. The van der Waals surface area contributed by atoms with Crippen LogP contribution < -0.4 is 0 Å². The minimum atomic E-state index is -0.323. The molecular weight excluding hydrogens is 333 g/mol. The van der Waals surface area contributed by atoms with Crippen LogP contribution in [-0.4, -0.2) is 48.3 Å². The van der Waals surface area contributed by atoms with Crippen LogP contribution >= 0.6 is 34.5 Å². The Balaban J connectivity index is 1.99. The second kappa shape index (κ2) is 6.10. The first-order valence-electron chi connectivity index (χ1n) is 6.49. The zero-order valence-corrected chi connectivity index (χ0v) is 13.3. The second-order valence-electron chi connectivity index (χ2n) is 4.80. The Hall–Kier alpha value is -0.850. The summed E-state index contributed by atoms with van der Waals surface area (Å²) in [5, 5.41) is 11.3. The van der Waals surface area contributed by atoms with Crippen LogP contribution in [-0.2, 0) is 4.74 Å². The van der Waals surface area contributed by atoms with Crippen LogP contribution in [0.15, 0.2) is 18.2 Å². The van der Waals surface area contributed by atoms with Gasteiger partial charge in [-0.1, -0.05) is 29.3 Å². The molecule has 1 atom stereocenters. The Morgan fingerprint density at radius 1 is 1.48 bits per heavy atom. The van der Waals surface area contributed by atoms with E-state index in [4.69, 9.17) is 27.9 Å². The van der Waals surface area contributed by atoms with E-state index >= 15 is 0 Å². The molecule has 112 valence electrons. The van der Waals surface area contributed by atoms with Gasteiger partial charge in [0.15, 0.2) is 0 Å². The van der Waals surface area contributed by atoms with E-state index < -0.39 is 0 Å². The van der Waals surface area contributed by atoms with Crippen molar-refractivity contribution >= 4 is 50.5 Å². The van der Waals surface area contributed by atoms with Gasteiger partial charge < -0.3 is 14.7 Å². The molecule has 0 saturated carbocycles. The summed E-state index contributed by atoms with van der Waals surface area (Å²) in [6, 6.07) is 5.04. The number of carbonyl (C=O) groups excluding carboxylic acids is 1. The summed E-state index contributed by atoms with van der Waals surface area (Å²) in [4.78, 5) is 14.8. The fourth-order valence-corrected chi connectivity index (χ4v) is 4.12. The van der Waals surface area contributed by atoms with Crippen LogP contribution in [0, 0.1) is 0 Å². The highest BCUT2D eigenvalue weighted by atomic mass is 35.5. The molecule has 1 aromatic heterocycles. The number of ether oxygens (including phenoxy) is 1. The van der Waals surface area contributed by atoms with Crippen molar-refractivity contribution in [3.05, 3.63) is 33.1 Å². The highest BCUT2D eigenvalue weighted by molar-refractivity contribution is 7.21. The number of morpholine rings is 1. The predicted molar refractivity (Wildman–Crippen MR) is 84.6 cm³/mol. The summed E-state index contributed by atoms with van der Waals surface area (Å²) in [5.41, 5.74) is 0. The Kier molecular flexibility index (Phi) is 4.38. The van der Waals surface area contributed by atoms with Crippen LogP contribution in [0.3, 0.4) is 0 Å². The van der Waals surface area contributed by atoms with Crippen LogP contribution in [0.25, 0.3) is 10.1 Å². The molecule has 0 spiro atoms. The normalized spacial score (nSPS) is 19.2. The Morgan fingerprint density at radius 2 is 2.29 bits per heavy atom. The van der Waals surface area contributed by atoms with Gasteiger partial charge in [-0.05, 0) is 12.1 Å². The molecule has 7 heteroatoms. The number of nitrogens with zero attached hydrogens (tertiary/aromatic N) is 1. The van der Waals surface area contributed by atoms with Gasteiger partial charge in [0.1, 0.15) is 4.88 Å². The van der Waals surface area contributed by atoms with Crippen molar-refractivity contribution in [1.29, 1.82) is 0 Å². The molecule has 0 aliphatic carbocycles. The van der Waals surface area contributed by atoms with Gasteiger partial charge in [-0.15, -0.1) is 11.3 Å². The smallest absolute Gasteiger partial charge is 0.265 e. The highest BCUT2D eigenvalue weighted by Crippen LogP contribution is 2.37. The quantitative estimate of drug-likeness (QED) is 0.909. The van der Waals surface area contributed by atoms with Gasteiger partial charge in [-0.3, -0.25) is 4.79 Å². The van der Waals surface area contributed by atoms with Crippen molar-refractivity contribution in [3.8, 4) is 0 Å². The number of benzene rings is 1. The third-order valence-corrected chi connectivity index (χ3v) is 5.37. The van der Waals surface area contributed by atoms with Crippen molar-refractivity contribution in [1.82, 2.24) is 4.90 Å². The lowest BCUT2D eigenvalue weighted by Gasteiger charge is -2.34. The number of amides is 1. The lowest BCUT2D eigenvalue weighted by Crippen LogP contribution is -2.50. The molecule has 21 heavy (non-hydrogen) atoms. The molecule has 1 fully saturated rings. The predicted octanol–water partition coefficient (Wildman–Crippen LogP) is 3.04. The Bertz CT molecular complexity index is 688. The average Bonchev–Trinajstić information content (AvgIpc) is 2.82. The first-order valence-corrected chi connectivity index (χ1v) is 8.06. The van der Waals surface area contributed by atoms with E-state index in [1.54, 1.807) is 17.0 Å². The minimum Gasteiger partial charge on any atom is -0.394 e. The van der Waals surface area contributed by atoms with E-state index in [2.05, 4.69) is 0 Å². The van der Waals surface area contributed by atoms with E-state index in [0.29, 0.717) is 34.7 Å². The van der Waals surface area contributed by atoms with Crippen LogP contribution in [0.2, 0.25) is 10.0 Å². The summed E-state index contributed by atoms with van der Waals surface area (Å²) in [7, 11) is 0. The monoisotopic (exact) mass is 345 g/mol. The molecule has 0 bridgehead atoms. The van der Waals surface area contributed by atoms with Crippen molar-refractivity contribution in [3.63, 3.8) is 0 Å². The number of aliphatic hydroxyl groups is 1. The Morgan fingerprint density at radius 3 is 3.05 bits per heavy atom. The fraction of sp³-hybridized carbons (Fsp3) is 0.357. The molecule has 1 aliphatic rings. The third-order valence-electron chi connectivity index (χ3n) is 3.48.